The van der Waals surface area contributed by atoms with E-state index in [9.17, 15) is 13.2 Å². The Hall–Kier alpha value is -1.70. The molecule has 26 heavy (non-hydrogen) atoms. The molecule has 1 saturated heterocycles. The number of carbonyl (C=O) groups is 1. The molecule has 1 aliphatic rings. The summed E-state index contributed by atoms with van der Waals surface area (Å²) in [6.45, 7) is 1.83. The molecule has 0 radical (unpaired) electrons. The summed E-state index contributed by atoms with van der Waals surface area (Å²) in [4.78, 5) is 16.0. The molecule has 1 unspecified atom stereocenters. The van der Waals surface area contributed by atoms with Crippen molar-refractivity contribution in [3.63, 3.8) is 0 Å². The third-order valence-corrected chi connectivity index (χ3v) is 5.98. The molecule has 0 N–H and O–H groups in total. The van der Waals surface area contributed by atoms with Gasteiger partial charge in [0.05, 0.1) is 18.4 Å². The predicted molar refractivity (Wildman–Crippen MR) is 103 cm³/mol. The van der Waals surface area contributed by atoms with Crippen molar-refractivity contribution < 1.29 is 17.9 Å². The molecular weight excluding hydrogens is 370 g/mol. The Labute approximate surface area is 158 Å². The van der Waals surface area contributed by atoms with Crippen LogP contribution in [0.5, 0.6) is 0 Å². The predicted octanol–water partition coefficient (Wildman–Crippen LogP) is 3.11. The summed E-state index contributed by atoms with van der Waals surface area (Å²) in [5.41, 5.74) is 1.15. The average molecular weight is 394 g/mol. The summed E-state index contributed by atoms with van der Waals surface area (Å²) in [7, 11) is -3.14. The van der Waals surface area contributed by atoms with Crippen molar-refractivity contribution in [3.8, 4) is 0 Å². The van der Waals surface area contributed by atoms with E-state index in [4.69, 9.17) is 4.74 Å². The molecule has 0 aliphatic carbocycles. The standard InChI is InChI=1S/C19H23NO4S2/c1-26(22,23)14-15-5-2-6-16(11-15)19(21)20(12-17-7-3-9-24-17)13-18-8-4-10-25-18/h2,4-6,8,10-11,17H,3,7,9,12-14H2,1H3. The van der Waals surface area contributed by atoms with Crippen molar-refractivity contribution in [3.05, 3.63) is 57.8 Å². The summed E-state index contributed by atoms with van der Waals surface area (Å²) in [6, 6.07) is 10.9. The van der Waals surface area contributed by atoms with Gasteiger partial charge >= 0.3 is 0 Å². The molecule has 1 aromatic heterocycles. The molecule has 0 bridgehead atoms. The molecule has 2 heterocycles. The van der Waals surface area contributed by atoms with Gasteiger partial charge in [-0.15, -0.1) is 11.3 Å². The zero-order valence-electron chi connectivity index (χ0n) is 14.8. The van der Waals surface area contributed by atoms with Crippen LogP contribution >= 0.6 is 11.3 Å². The molecule has 7 heteroatoms. The molecule has 5 nitrogen and oxygen atoms in total. The molecule has 3 rings (SSSR count). The Bertz CT molecular complexity index is 840. The van der Waals surface area contributed by atoms with Crippen molar-refractivity contribution in [2.45, 2.75) is 31.2 Å². The number of thiophene rings is 1. The van der Waals surface area contributed by atoms with Crippen LogP contribution in [0.25, 0.3) is 0 Å². The lowest BCUT2D eigenvalue weighted by molar-refractivity contribution is 0.0509. The number of hydrogen-bond donors (Lipinski definition) is 0. The van der Waals surface area contributed by atoms with Gasteiger partial charge in [0.1, 0.15) is 0 Å². The highest BCUT2D eigenvalue weighted by molar-refractivity contribution is 7.89. The first kappa shape index (κ1) is 19.1. The van der Waals surface area contributed by atoms with Gasteiger partial charge in [-0.1, -0.05) is 18.2 Å². The quantitative estimate of drug-likeness (QED) is 0.725. The molecule has 1 aromatic carbocycles. The number of ether oxygens (including phenoxy) is 1. The molecular formula is C19H23NO4S2. The summed E-state index contributed by atoms with van der Waals surface area (Å²) >= 11 is 1.62. The Morgan fingerprint density at radius 1 is 1.31 bits per heavy atom. The van der Waals surface area contributed by atoms with Crippen LogP contribution in [0.3, 0.4) is 0 Å². The van der Waals surface area contributed by atoms with Crippen molar-refractivity contribution in [1.82, 2.24) is 4.90 Å². The third kappa shape index (κ3) is 5.40. The number of nitrogens with zero attached hydrogens (tertiary/aromatic N) is 1. The largest absolute Gasteiger partial charge is 0.376 e. The van der Waals surface area contributed by atoms with Gasteiger partial charge in [-0.2, -0.15) is 0 Å². The maximum absolute atomic E-state index is 13.1. The monoisotopic (exact) mass is 393 g/mol. The first-order valence-electron chi connectivity index (χ1n) is 8.60. The van der Waals surface area contributed by atoms with Crippen LogP contribution < -0.4 is 0 Å². The molecule has 0 spiro atoms. The lowest BCUT2D eigenvalue weighted by Crippen LogP contribution is -2.36. The van der Waals surface area contributed by atoms with Crippen molar-refractivity contribution in [1.29, 1.82) is 0 Å². The number of hydrogen-bond acceptors (Lipinski definition) is 5. The van der Waals surface area contributed by atoms with Crippen LogP contribution in [0.2, 0.25) is 0 Å². The fraction of sp³-hybridized carbons (Fsp3) is 0.421. The van der Waals surface area contributed by atoms with Crippen LogP contribution in [0.4, 0.5) is 0 Å². The van der Waals surface area contributed by atoms with Crippen molar-refractivity contribution in [2.75, 3.05) is 19.4 Å². The van der Waals surface area contributed by atoms with Crippen molar-refractivity contribution in [2.24, 2.45) is 0 Å². The minimum atomic E-state index is -3.14. The highest BCUT2D eigenvalue weighted by atomic mass is 32.2. The van der Waals surface area contributed by atoms with Crippen LogP contribution in [0, 0.1) is 0 Å². The van der Waals surface area contributed by atoms with Crippen LogP contribution in [-0.4, -0.2) is 44.7 Å². The minimum Gasteiger partial charge on any atom is -0.376 e. The number of rotatable bonds is 7. The Balaban J connectivity index is 1.80. The van der Waals surface area contributed by atoms with E-state index < -0.39 is 9.84 Å². The van der Waals surface area contributed by atoms with Gasteiger partial charge in [0.25, 0.3) is 5.91 Å². The van der Waals surface area contributed by atoms with E-state index in [-0.39, 0.29) is 17.8 Å². The van der Waals surface area contributed by atoms with Gasteiger partial charge in [-0.3, -0.25) is 4.79 Å². The fourth-order valence-electron chi connectivity index (χ4n) is 3.12. The Morgan fingerprint density at radius 2 is 2.15 bits per heavy atom. The maximum Gasteiger partial charge on any atom is 0.254 e. The van der Waals surface area contributed by atoms with Crippen LogP contribution in [0.15, 0.2) is 41.8 Å². The summed E-state index contributed by atoms with van der Waals surface area (Å²) in [6.07, 6.45) is 3.25. The first-order valence-corrected chi connectivity index (χ1v) is 11.5. The molecule has 0 saturated carbocycles. The lowest BCUT2D eigenvalue weighted by atomic mass is 10.1. The average Bonchev–Trinajstić information content (AvgIpc) is 3.26. The van der Waals surface area contributed by atoms with E-state index in [1.165, 1.54) is 6.26 Å². The van der Waals surface area contributed by atoms with Gasteiger partial charge in [0.2, 0.25) is 0 Å². The number of benzene rings is 1. The van der Waals surface area contributed by atoms with Crippen LogP contribution in [-0.2, 0) is 26.9 Å². The van der Waals surface area contributed by atoms with Gasteiger partial charge in [0.15, 0.2) is 9.84 Å². The van der Waals surface area contributed by atoms with Gasteiger partial charge in [-0.05, 0) is 42.0 Å². The van der Waals surface area contributed by atoms with Crippen molar-refractivity contribution >= 4 is 27.1 Å². The Morgan fingerprint density at radius 3 is 2.81 bits per heavy atom. The van der Waals surface area contributed by atoms with E-state index in [0.29, 0.717) is 24.2 Å². The zero-order valence-corrected chi connectivity index (χ0v) is 16.4. The van der Waals surface area contributed by atoms with Gasteiger partial charge < -0.3 is 9.64 Å². The molecule has 140 valence electrons. The first-order chi connectivity index (χ1) is 12.4. The minimum absolute atomic E-state index is 0.0647. The summed E-state index contributed by atoms with van der Waals surface area (Å²) in [5, 5.41) is 2.00. The van der Waals surface area contributed by atoms with E-state index >= 15 is 0 Å². The smallest absolute Gasteiger partial charge is 0.254 e. The SMILES string of the molecule is CS(=O)(=O)Cc1cccc(C(=O)N(Cc2cccs2)CC2CCCO2)c1. The molecule has 1 aliphatic heterocycles. The second-order valence-corrected chi connectivity index (χ2v) is 9.84. The maximum atomic E-state index is 13.1. The fourth-order valence-corrected chi connectivity index (χ4v) is 4.63. The Kier molecular flexibility index (Phi) is 6.11. The van der Waals surface area contributed by atoms with E-state index in [1.807, 2.05) is 17.5 Å². The zero-order chi connectivity index (χ0) is 18.6. The number of carbonyl (C=O) groups excluding carboxylic acids is 1. The number of sulfone groups is 1. The molecule has 2 aromatic rings. The highest BCUT2D eigenvalue weighted by Crippen LogP contribution is 2.20. The van der Waals surface area contributed by atoms with E-state index in [0.717, 1.165) is 24.3 Å². The molecule has 1 fully saturated rings. The normalized spacial score (nSPS) is 17.3. The summed E-state index contributed by atoms with van der Waals surface area (Å²) in [5.74, 6) is -0.158. The second-order valence-electron chi connectivity index (χ2n) is 6.67. The van der Waals surface area contributed by atoms with E-state index in [2.05, 4.69) is 0 Å². The molecule has 1 amide bonds. The number of amides is 1. The second kappa shape index (κ2) is 8.33. The van der Waals surface area contributed by atoms with Gasteiger partial charge in [-0.25, -0.2) is 8.42 Å². The van der Waals surface area contributed by atoms with Gasteiger partial charge in [0, 0.05) is 29.8 Å². The topological polar surface area (TPSA) is 63.7 Å². The lowest BCUT2D eigenvalue weighted by Gasteiger charge is -2.25. The van der Waals surface area contributed by atoms with E-state index in [1.54, 1.807) is 40.5 Å². The van der Waals surface area contributed by atoms with Crippen LogP contribution in [0.1, 0.15) is 33.6 Å². The third-order valence-electron chi connectivity index (χ3n) is 4.26. The molecule has 1 atom stereocenters. The highest BCUT2D eigenvalue weighted by Gasteiger charge is 2.24. The summed E-state index contributed by atoms with van der Waals surface area (Å²) < 4.78 is 28.8.